The molecule has 2 atom stereocenters. The number of nitrogens with zero attached hydrogens (tertiary/aromatic N) is 4. The number of halogens is 2. The van der Waals surface area contributed by atoms with Crippen LogP contribution in [-0.2, 0) is 0 Å². The summed E-state index contributed by atoms with van der Waals surface area (Å²) < 4.78 is 13.2. The molecular formula is C16H16ClFN4O. The smallest absolute Gasteiger partial charge is 0.255 e. The third-order valence-corrected chi connectivity index (χ3v) is 5.18. The highest BCUT2D eigenvalue weighted by molar-refractivity contribution is 6.33. The van der Waals surface area contributed by atoms with E-state index in [0.717, 1.165) is 25.7 Å². The lowest BCUT2D eigenvalue weighted by Gasteiger charge is -2.38. The molecule has 0 unspecified atom stereocenters. The van der Waals surface area contributed by atoms with Crippen molar-refractivity contribution < 1.29 is 9.18 Å². The van der Waals surface area contributed by atoms with Crippen molar-refractivity contribution in [2.24, 2.45) is 0 Å². The molecule has 3 heterocycles. The number of fused-ring (bicyclic) bond motifs is 2. The first-order chi connectivity index (χ1) is 11.1. The molecule has 5 nitrogen and oxygen atoms in total. The van der Waals surface area contributed by atoms with Gasteiger partial charge in [0, 0.05) is 12.1 Å². The topological polar surface area (TPSA) is 51.0 Å². The van der Waals surface area contributed by atoms with Gasteiger partial charge >= 0.3 is 0 Å². The van der Waals surface area contributed by atoms with E-state index in [0.29, 0.717) is 5.56 Å². The maximum absolute atomic E-state index is 13.2. The zero-order chi connectivity index (χ0) is 16.0. The summed E-state index contributed by atoms with van der Waals surface area (Å²) in [5, 5.41) is 8.63. The Hall–Kier alpha value is -1.95. The third-order valence-electron chi connectivity index (χ3n) is 4.87. The minimum Gasteiger partial charge on any atom is -0.332 e. The van der Waals surface area contributed by atoms with Crippen LogP contribution in [0.5, 0.6) is 0 Å². The van der Waals surface area contributed by atoms with Gasteiger partial charge in [0.2, 0.25) is 0 Å². The van der Waals surface area contributed by atoms with E-state index in [9.17, 15) is 9.18 Å². The first kappa shape index (κ1) is 14.6. The van der Waals surface area contributed by atoms with Gasteiger partial charge in [0.25, 0.3) is 5.91 Å². The predicted octanol–water partition coefficient (Wildman–Crippen LogP) is 3.08. The molecule has 23 heavy (non-hydrogen) atoms. The summed E-state index contributed by atoms with van der Waals surface area (Å²) in [6.45, 7) is 0. The van der Waals surface area contributed by atoms with Crippen LogP contribution < -0.4 is 0 Å². The van der Waals surface area contributed by atoms with Crippen molar-refractivity contribution in [2.75, 3.05) is 0 Å². The molecule has 2 saturated heterocycles. The molecule has 2 aliphatic heterocycles. The fourth-order valence-electron chi connectivity index (χ4n) is 3.89. The van der Waals surface area contributed by atoms with Gasteiger partial charge in [0.05, 0.1) is 29.0 Å². The summed E-state index contributed by atoms with van der Waals surface area (Å²) in [5.41, 5.74) is 0.376. The standard InChI is InChI=1S/C16H16ClFN4O/c17-15-7-10(18)1-4-14(15)16(23)21-11-2-3-12(21)9-13(8-11)22-19-5-6-20-22/h1,4-7,11-13H,2-3,8-9H2/t11-,12-/m0/s1. The zero-order valence-corrected chi connectivity index (χ0v) is 13.2. The second-order valence-electron chi connectivity index (χ2n) is 6.20. The number of hydrogen-bond donors (Lipinski definition) is 0. The molecule has 0 spiro atoms. The maximum Gasteiger partial charge on any atom is 0.255 e. The first-order valence-electron chi connectivity index (χ1n) is 7.77. The van der Waals surface area contributed by atoms with Crippen LogP contribution in [0.4, 0.5) is 4.39 Å². The number of piperidine rings is 1. The van der Waals surface area contributed by atoms with Crippen LogP contribution in [0.15, 0.2) is 30.6 Å². The molecule has 0 N–H and O–H groups in total. The third kappa shape index (κ3) is 2.51. The number of rotatable bonds is 2. The summed E-state index contributed by atoms with van der Waals surface area (Å²) in [7, 11) is 0. The lowest BCUT2D eigenvalue weighted by molar-refractivity contribution is 0.0512. The monoisotopic (exact) mass is 334 g/mol. The lowest BCUT2D eigenvalue weighted by Crippen LogP contribution is -2.47. The second kappa shape index (κ2) is 5.60. The molecule has 0 radical (unpaired) electrons. The van der Waals surface area contributed by atoms with Crippen LogP contribution in [0.25, 0.3) is 0 Å². The Kier molecular flexibility index (Phi) is 3.56. The van der Waals surface area contributed by atoms with Gasteiger partial charge in [-0.25, -0.2) is 4.39 Å². The van der Waals surface area contributed by atoms with E-state index in [1.807, 2.05) is 4.90 Å². The van der Waals surface area contributed by atoms with Gasteiger partial charge in [-0.1, -0.05) is 11.6 Å². The minimum absolute atomic E-state index is 0.102. The minimum atomic E-state index is -0.432. The average Bonchev–Trinajstić information content (AvgIpc) is 3.13. The second-order valence-corrected chi connectivity index (χ2v) is 6.60. The Morgan fingerprint density at radius 3 is 2.39 bits per heavy atom. The molecule has 1 aromatic carbocycles. The Morgan fingerprint density at radius 1 is 1.13 bits per heavy atom. The van der Waals surface area contributed by atoms with Crippen molar-refractivity contribution in [3.8, 4) is 0 Å². The molecule has 120 valence electrons. The molecule has 2 aliphatic rings. The van der Waals surface area contributed by atoms with Crippen LogP contribution in [0.2, 0.25) is 5.02 Å². The number of amides is 1. The van der Waals surface area contributed by atoms with Crippen molar-refractivity contribution in [3.05, 3.63) is 47.0 Å². The zero-order valence-electron chi connectivity index (χ0n) is 12.4. The van der Waals surface area contributed by atoms with Crippen molar-refractivity contribution >= 4 is 17.5 Å². The van der Waals surface area contributed by atoms with E-state index in [2.05, 4.69) is 10.2 Å². The number of carbonyl (C=O) groups excluding carboxylic acids is 1. The van der Waals surface area contributed by atoms with Crippen LogP contribution in [-0.4, -0.2) is 37.9 Å². The molecule has 4 rings (SSSR count). The Labute approximate surface area is 138 Å². The van der Waals surface area contributed by atoms with Gasteiger partial charge in [0.15, 0.2) is 0 Å². The number of aromatic nitrogens is 3. The van der Waals surface area contributed by atoms with Crippen molar-refractivity contribution in [3.63, 3.8) is 0 Å². The molecule has 2 bridgehead atoms. The summed E-state index contributed by atoms with van der Waals surface area (Å²) >= 11 is 6.06. The van der Waals surface area contributed by atoms with E-state index in [1.165, 1.54) is 18.2 Å². The summed E-state index contributed by atoms with van der Waals surface area (Å²) in [6, 6.07) is 4.51. The molecule has 0 aliphatic carbocycles. The SMILES string of the molecule is O=C(c1ccc(F)cc1Cl)N1[C@H]2CC[C@H]1CC(n1nccn1)C2. The highest BCUT2D eigenvalue weighted by Crippen LogP contribution is 2.41. The summed E-state index contributed by atoms with van der Waals surface area (Å²) in [6.07, 6.45) is 7.00. The van der Waals surface area contributed by atoms with E-state index < -0.39 is 5.82 Å². The van der Waals surface area contributed by atoms with Gasteiger partial charge in [0.1, 0.15) is 5.82 Å². The largest absolute Gasteiger partial charge is 0.332 e. The Bertz CT molecular complexity index is 722. The summed E-state index contributed by atoms with van der Waals surface area (Å²) in [5.74, 6) is -0.535. The highest BCUT2D eigenvalue weighted by Gasteiger charge is 2.44. The normalized spacial score (nSPS) is 26.5. The highest BCUT2D eigenvalue weighted by atomic mass is 35.5. The fourth-order valence-corrected chi connectivity index (χ4v) is 4.13. The van der Waals surface area contributed by atoms with Crippen molar-refractivity contribution in [1.29, 1.82) is 0 Å². The van der Waals surface area contributed by atoms with Crippen molar-refractivity contribution in [1.82, 2.24) is 19.9 Å². The molecule has 7 heteroatoms. The van der Waals surface area contributed by atoms with Crippen LogP contribution >= 0.6 is 11.6 Å². The quantitative estimate of drug-likeness (QED) is 0.848. The van der Waals surface area contributed by atoms with Gasteiger partial charge in [-0.2, -0.15) is 15.0 Å². The van der Waals surface area contributed by atoms with Crippen LogP contribution in [0.1, 0.15) is 42.1 Å². The van der Waals surface area contributed by atoms with Gasteiger partial charge in [-0.3, -0.25) is 4.79 Å². The number of carbonyl (C=O) groups is 1. The molecular weight excluding hydrogens is 319 g/mol. The molecule has 0 saturated carbocycles. The molecule has 1 aromatic heterocycles. The first-order valence-corrected chi connectivity index (χ1v) is 8.15. The van der Waals surface area contributed by atoms with E-state index >= 15 is 0 Å². The van der Waals surface area contributed by atoms with E-state index in [1.54, 1.807) is 17.2 Å². The maximum atomic E-state index is 13.2. The fraction of sp³-hybridized carbons (Fsp3) is 0.438. The van der Waals surface area contributed by atoms with Gasteiger partial charge in [-0.05, 0) is 43.9 Å². The average molecular weight is 335 g/mol. The predicted molar refractivity (Wildman–Crippen MR) is 82.7 cm³/mol. The Balaban J connectivity index is 1.58. The van der Waals surface area contributed by atoms with Crippen LogP contribution in [0, 0.1) is 5.82 Å². The molecule has 2 fully saturated rings. The summed E-state index contributed by atoms with van der Waals surface area (Å²) in [4.78, 5) is 16.5. The molecule has 1 amide bonds. The van der Waals surface area contributed by atoms with E-state index in [4.69, 9.17) is 11.6 Å². The van der Waals surface area contributed by atoms with Crippen LogP contribution in [0.3, 0.4) is 0 Å². The van der Waals surface area contributed by atoms with Crippen molar-refractivity contribution in [2.45, 2.75) is 43.8 Å². The number of hydrogen-bond acceptors (Lipinski definition) is 3. The Morgan fingerprint density at radius 2 is 1.78 bits per heavy atom. The molecule has 2 aromatic rings. The number of benzene rings is 1. The van der Waals surface area contributed by atoms with Gasteiger partial charge in [-0.15, -0.1) is 0 Å². The van der Waals surface area contributed by atoms with E-state index in [-0.39, 0.29) is 29.1 Å². The lowest BCUT2D eigenvalue weighted by atomic mass is 9.96. The van der Waals surface area contributed by atoms with Gasteiger partial charge < -0.3 is 4.90 Å².